The van der Waals surface area contributed by atoms with Gasteiger partial charge in [-0.2, -0.15) is 0 Å². The largest absolute Gasteiger partial charge is 0.374 e. The summed E-state index contributed by atoms with van der Waals surface area (Å²) < 4.78 is 0. The average Bonchev–Trinajstić information content (AvgIpc) is 3.34. The molecule has 0 aliphatic carbocycles. The van der Waals surface area contributed by atoms with Crippen LogP contribution in [0.5, 0.6) is 0 Å². The number of fused-ring (bicyclic) bond motifs is 1. The third-order valence-corrected chi connectivity index (χ3v) is 6.16. The number of pyridine rings is 1. The van der Waals surface area contributed by atoms with Crippen LogP contribution in [0.3, 0.4) is 0 Å². The summed E-state index contributed by atoms with van der Waals surface area (Å²) in [7, 11) is 0. The summed E-state index contributed by atoms with van der Waals surface area (Å²) in [6.07, 6.45) is 4.57. The number of H-pyrrole nitrogens is 1. The summed E-state index contributed by atoms with van der Waals surface area (Å²) in [5.74, 6) is 1.78. The van der Waals surface area contributed by atoms with E-state index in [9.17, 15) is 0 Å². The van der Waals surface area contributed by atoms with E-state index in [0.29, 0.717) is 11.0 Å². The Balaban J connectivity index is 1.55. The van der Waals surface area contributed by atoms with Crippen molar-refractivity contribution >= 4 is 33.2 Å². The van der Waals surface area contributed by atoms with Crippen molar-refractivity contribution in [1.82, 2.24) is 20.2 Å². The van der Waals surface area contributed by atoms with Gasteiger partial charge in [0.05, 0.1) is 5.69 Å². The zero-order chi connectivity index (χ0) is 19.1. The molecule has 1 aliphatic rings. The third-order valence-electron chi connectivity index (χ3n) is 5.36. The van der Waals surface area contributed by atoms with Gasteiger partial charge >= 0.3 is 0 Å². The maximum Gasteiger partial charge on any atom is 0.203 e. The molecule has 0 amide bonds. The molecule has 4 heterocycles. The normalized spacial score (nSPS) is 17.3. The van der Waals surface area contributed by atoms with Crippen LogP contribution in [0, 0.1) is 5.92 Å². The van der Waals surface area contributed by atoms with Gasteiger partial charge in [-0.3, -0.25) is 0 Å². The van der Waals surface area contributed by atoms with Gasteiger partial charge in [0.1, 0.15) is 10.8 Å². The van der Waals surface area contributed by atoms with E-state index in [4.69, 9.17) is 10.7 Å². The van der Waals surface area contributed by atoms with Gasteiger partial charge < -0.3 is 15.6 Å². The highest BCUT2D eigenvalue weighted by Gasteiger charge is 2.18. The molecule has 5 rings (SSSR count). The highest BCUT2D eigenvalue weighted by atomic mass is 32.1. The fourth-order valence-electron chi connectivity index (χ4n) is 3.96. The van der Waals surface area contributed by atoms with Crippen LogP contribution in [0.1, 0.15) is 19.8 Å². The Bertz CT molecular complexity index is 1130. The van der Waals surface area contributed by atoms with Gasteiger partial charge in [-0.05, 0) is 49.1 Å². The lowest BCUT2D eigenvalue weighted by Gasteiger charge is -2.32. The van der Waals surface area contributed by atoms with E-state index in [1.807, 2.05) is 12.3 Å². The minimum absolute atomic E-state index is 0.481. The highest BCUT2D eigenvalue weighted by Crippen LogP contribution is 2.33. The van der Waals surface area contributed by atoms with Crippen molar-refractivity contribution in [2.75, 3.05) is 23.7 Å². The molecule has 0 radical (unpaired) electrons. The van der Waals surface area contributed by atoms with Gasteiger partial charge in [0.25, 0.3) is 0 Å². The number of hydrogen-bond acceptors (Lipinski definition) is 6. The molecule has 7 heteroatoms. The maximum absolute atomic E-state index is 5.75. The topological polar surface area (TPSA) is 83.7 Å². The summed E-state index contributed by atoms with van der Waals surface area (Å²) in [6.45, 7) is 4.47. The molecule has 1 aliphatic heterocycles. The minimum Gasteiger partial charge on any atom is -0.374 e. The van der Waals surface area contributed by atoms with Crippen molar-refractivity contribution in [3.05, 3.63) is 42.6 Å². The molecule has 0 saturated carbocycles. The first kappa shape index (κ1) is 17.2. The predicted molar refractivity (Wildman–Crippen MR) is 115 cm³/mol. The summed E-state index contributed by atoms with van der Waals surface area (Å²) in [4.78, 5) is 10.8. The Kier molecular flexibility index (Phi) is 4.24. The summed E-state index contributed by atoms with van der Waals surface area (Å²) in [5.41, 5.74) is 9.93. The number of hydrogen-bond donors (Lipinski definition) is 2. The molecular formula is C21H22N6S. The number of nitrogens with two attached hydrogens (primary N) is 1. The summed E-state index contributed by atoms with van der Waals surface area (Å²) >= 11 is 1.40. The predicted octanol–water partition coefficient (Wildman–Crippen LogP) is 4.57. The van der Waals surface area contributed by atoms with Crippen LogP contribution in [-0.4, -0.2) is 33.3 Å². The number of piperidine rings is 1. The Morgan fingerprint density at radius 1 is 1.21 bits per heavy atom. The van der Waals surface area contributed by atoms with E-state index < -0.39 is 0 Å². The van der Waals surface area contributed by atoms with Crippen LogP contribution < -0.4 is 10.6 Å². The van der Waals surface area contributed by atoms with Gasteiger partial charge in [0.15, 0.2) is 0 Å². The van der Waals surface area contributed by atoms with Gasteiger partial charge in [-0.15, -0.1) is 10.2 Å². The van der Waals surface area contributed by atoms with Gasteiger partial charge in [-0.1, -0.05) is 24.3 Å². The summed E-state index contributed by atoms with van der Waals surface area (Å²) in [5, 5.41) is 10.5. The van der Waals surface area contributed by atoms with Crippen molar-refractivity contribution in [3.63, 3.8) is 0 Å². The molecule has 3 N–H and O–H groups in total. The van der Waals surface area contributed by atoms with Crippen molar-refractivity contribution in [2.24, 2.45) is 5.92 Å². The quantitative estimate of drug-likeness (QED) is 0.535. The number of aromatic nitrogens is 4. The van der Waals surface area contributed by atoms with Crippen LogP contribution in [0.25, 0.3) is 32.7 Å². The Morgan fingerprint density at radius 2 is 2.14 bits per heavy atom. The zero-order valence-electron chi connectivity index (χ0n) is 15.7. The molecule has 6 nitrogen and oxygen atoms in total. The summed E-state index contributed by atoms with van der Waals surface area (Å²) in [6, 6.07) is 12.5. The number of nitrogens with zero attached hydrogens (tertiary/aromatic N) is 4. The number of benzene rings is 1. The smallest absolute Gasteiger partial charge is 0.203 e. The molecule has 1 saturated heterocycles. The fourth-order valence-corrected chi connectivity index (χ4v) is 4.57. The number of nitrogens with one attached hydrogen (secondary N) is 1. The van der Waals surface area contributed by atoms with E-state index in [1.54, 1.807) is 0 Å². The molecule has 3 aromatic heterocycles. The number of aromatic amines is 1. The monoisotopic (exact) mass is 390 g/mol. The lowest BCUT2D eigenvalue weighted by molar-refractivity contribution is 0.444. The van der Waals surface area contributed by atoms with Gasteiger partial charge in [0.2, 0.25) is 5.13 Å². The second-order valence-corrected chi connectivity index (χ2v) is 8.49. The lowest BCUT2D eigenvalue weighted by Crippen LogP contribution is -2.34. The standard InChI is InChI=1S/C21H22N6S/c1-13-4-3-9-27(12-13)19-6-2-5-18(24-19)16-11-23-17-8-7-14(10-15(16)17)20-25-26-21(22)28-20/h2,5-8,10-11,13,23H,3-4,9,12H2,1H3,(H2,22,26). The lowest BCUT2D eigenvalue weighted by atomic mass is 10.0. The Labute approximate surface area is 167 Å². The van der Waals surface area contributed by atoms with Crippen LogP contribution in [-0.2, 0) is 0 Å². The van der Waals surface area contributed by atoms with Gasteiger partial charge in [-0.25, -0.2) is 4.98 Å². The molecular weight excluding hydrogens is 368 g/mol. The van der Waals surface area contributed by atoms with Crippen molar-refractivity contribution in [2.45, 2.75) is 19.8 Å². The number of anilines is 2. The maximum atomic E-state index is 5.75. The molecule has 0 bridgehead atoms. The molecule has 142 valence electrons. The van der Waals surface area contributed by atoms with Crippen molar-refractivity contribution < 1.29 is 0 Å². The van der Waals surface area contributed by atoms with E-state index in [1.165, 1.54) is 24.2 Å². The highest BCUT2D eigenvalue weighted by molar-refractivity contribution is 7.18. The third kappa shape index (κ3) is 3.11. The molecule has 1 fully saturated rings. The SMILES string of the molecule is CC1CCCN(c2cccc(-c3c[nH]c4ccc(-c5nnc(N)s5)cc34)n2)C1. The second-order valence-electron chi connectivity index (χ2n) is 7.48. The van der Waals surface area contributed by atoms with Crippen molar-refractivity contribution in [1.29, 1.82) is 0 Å². The molecule has 1 unspecified atom stereocenters. The van der Waals surface area contributed by atoms with E-state index in [-0.39, 0.29) is 0 Å². The first-order chi connectivity index (χ1) is 13.7. The minimum atomic E-state index is 0.481. The number of rotatable bonds is 3. The van der Waals surface area contributed by atoms with Gasteiger partial charge in [0, 0.05) is 41.3 Å². The van der Waals surface area contributed by atoms with E-state index in [0.717, 1.165) is 51.6 Å². The van der Waals surface area contributed by atoms with E-state index >= 15 is 0 Å². The molecule has 4 aromatic rings. The average molecular weight is 391 g/mol. The van der Waals surface area contributed by atoms with Crippen LogP contribution in [0.4, 0.5) is 10.9 Å². The van der Waals surface area contributed by atoms with Crippen LogP contribution >= 0.6 is 11.3 Å². The molecule has 1 aromatic carbocycles. The Hall–Kier alpha value is -2.93. The molecule has 1 atom stereocenters. The van der Waals surface area contributed by atoms with Crippen LogP contribution in [0.15, 0.2) is 42.6 Å². The molecule has 28 heavy (non-hydrogen) atoms. The zero-order valence-corrected chi connectivity index (χ0v) is 16.5. The first-order valence-corrected chi connectivity index (χ1v) is 10.4. The van der Waals surface area contributed by atoms with Crippen LogP contribution in [0.2, 0.25) is 0 Å². The van der Waals surface area contributed by atoms with Crippen molar-refractivity contribution in [3.8, 4) is 21.8 Å². The number of nitrogen functional groups attached to an aromatic ring is 1. The first-order valence-electron chi connectivity index (χ1n) is 9.60. The molecule has 0 spiro atoms. The second kappa shape index (κ2) is 6.91. The van der Waals surface area contributed by atoms with E-state index in [2.05, 4.69) is 57.3 Å². The fraction of sp³-hybridized carbons (Fsp3) is 0.286. The Morgan fingerprint density at radius 3 is 2.96 bits per heavy atom.